The standard InChI is InChI=1S/C16H20N2O2S/c1-10(16-11(2)21-12(3)18-16)17-9-13-4-5-14-15(8-13)20-7-6-19-14/h4-5,8,10,17H,6-7,9H2,1-3H3. The molecule has 0 radical (unpaired) electrons. The van der Waals surface area contributed by atoms with Crippen LogP contribution in [0.3, 0.4) is 0 Å². The van der Waals surface area contributed by atoms with E-state index >= 15 is 0 Å². The summed E-state index contributed by atoms with van der Waals surface area (Å²) in [6.07, 6.45) is 0. The molecule has 1 aromatic carbocycles. The topological polar surface area (TPSA) is 43.4 Å². The van der Waals surface area contributed by atoms with Crippen LogP contribution in [0.25, 0.3) is 0 Å². The first-order valence-corrected chi connectivity index (χ1v) is 8.01. The number of benzene rings is 1. The SMILES string of the molecule is Cc1nc(C(C)NCc2ccc3c(c2)OCCO3)c(C)s1. The van der Waals surface area contributed by atoms with Gasteiger partial charge in [0.15, 0.2) is 11.5 Å². The molecule has 0 aliphatic carbocycles. The predicted molar refractivity (Wildman–Crippen MR) is 84.3 cm³/mol. The lowest BCUT2D eigenvalue weighted by Gasteiger charge is -2.19. The Bertz CT molecular complexity index is 639. The molecule has 1 aliphatic rings. The van der Waals surface area contributed by atoms with Gasteiger partial charge in [-0.2, -0.15) is 0 Å². The van der Waals surface area contributed by atoms with Crippen LogP contribution < -0.4 is 14.8 Å². The molecule has 1 aromatic heterocycles. The lowest BCUT2D eigenvalue weighted by Crippen LogP contribution is -2.20. The normalized spacial score (nSPS) is 15.0. The summed E-state index contributed by atoms with van der Waals surface area (Å²) < 4.78 is 11.2. The molecular weight excluding hydrogens is 284 g/mol. The van der Waals surface area contributed by atoms with Gasteiger partial charge in [-0.15, -0.1) is 11.3 Å². The Balaban J connectivity index is 1.66. The molecule has 21 heavy (non-hydrogen) atoms. The fourth-order valence-corrected chi connectivity index (χ4v) is 3.43. The van der Waals surface area contributed by atoms with E-state index in [4.69, 9.17) is 9.47 Å². The number of fused-ring (bicyclic) bond motifs is 1. The van der Waals surface area contributed by atoms with Gasteiger partial charge in [0.05, 0.1) is 10.7 Å². The molecule has 3 rings (SSSR count). The largest absolute Gasteiger partial charge is 0.486 e. The van der Waals surface area contributed by atoms with E-state index in [9.17, 15) is 0 Å². The maximum absolute atomic E-state index is 5.61. The number of thiazole rings is 1. The van der Waals surface area contributed by atoms with Gasteiger partial charge in [-0.25, -0.2) is 4.98 Å². The van der Waals surface area contributed by atoms with Gasteiger partial charge >= 0.3 is 0 Å². The smallest absolute Gasteiger partial charge is 0.161 e. The van der Waals surface area contributed by atoms with Gasteiger partial charge in [0, 0.05) is 17.5 Å². The van der Waals surface area contributed by atoms with Crippen molar-refractivity contribution in [3.8, 4) is 11.5 Å². The van der Waals surface area contributed by atoms with Crippen LogP contribution in [0.2, 0.25) is 0 Å². The summed E-state index contributed by atoms with van der Waals surface area (Å²) in [5.74, 6) is 1.68. The summed E-state index contributed by atoms with van der Waals surface area (Å²) >= 11 is 1.75. The lowest BCUT2D eigenvalue weighted by atomic mass is 10.1. The zero-order chi connectivity index (χ0) is 14.8. The number of aryl methyl sites for hydroxylation is 2. The van der Waals surface area contributed by atoms with Crippen LogP contribution >= 0.6 is 11.3 Å². The second-order valence-corrected chi connectivity index (χ2v) is 6.66. The van der Waals surface area contributed by atoms with E-state index < -0.39 is 0 Å². The molecule has 1 N–H and O–H groups in total. The molecule has 5 heteroatoms. The second kappa shape index (κ2) is 6.03. The molecule has 0 bridgehead atoms. The molecule has 0 saturated heterocycles. The second-order valence-electron chi connectivity index (χ2n) is 5.25. The fraction of sp³-hybridized carbons (Fsp3) is 0.438. The molecule has 4 nitrogen and oxygen atoms in total. The molecule has 2 aromatic rings. The lowest BCUT2D eigenvalue weighted by molar-refractivity contribution is 0.171. The zero-order valence-corrected chi connectivity index (χ0v) is 13.4. The number of rotatable bonds is 4. The highest BCUT2D eigenvalue weighted by molar-refractivity contribution is 7.11. The Kier molecular flexibility index (Phi) is 4.12. The molecule has 112 valence electrons. The molecule has 0 spiro atoms. The first kappa shape index (κ1) is 14.4. The van der Waals surface area contributed by atoms with Crippen molar-refractivity contribution in [2.75, 3.05) is 13.2 Å². The van der Waals surface area contributed by atoms with Crippen LogP contribution in [0.5, 0.6) is 11.5 Å². The average Bonchev–Trinajstić information content (AvgIpc) is 2.83. The molecule has 0 amide bonds. The van der Waals surface area contributed by atoms with Crippen LogP contribution in [-0.2, 0) is 6.54 Å². The Hall–Kier alpha value is -1.59. The van der Waals surface area contributed by atoms with Gasteiger partial charge in [-0.3, -0.25) is 0 Å². The van der Waals surface area contributed by atoms with E-state index in [1.54, 1.807) is 11.3 Å². The average molecular weight is 304 g/mol. The Morgan fingerprint density at radius 2 is 2.00 bits per heavy atom. The van der Waals surface area contributed by atoms with Crippen LogP contribution in [-0.4, -0.2) is 18.2 Å². The highest BCUT2D eigenvalue weighted by Gasteiger charge is 2.14. The maximum atomic E-state index is 5.61. The van der Waals surface area contributed by atoms with Crippen molar-refractivity contribution in [1.29, 1.82) is 0 Å². The Morgan fingerprint density at radius 1 is 1.24 bits per heavy atom. The van der Waals surface area contributed by atoms with Crippen molar-refractivity contribution in [1.82, 2.24) is 10.3 Å². The van der Waals surface area contributed by atoms with Crippen LogP contribution in [0.1, 0.15) is 34.1 Å². The summed E-state index contributed by atoms with van der Waals surface area (Å²) in [5, 5.41) is 4.64. The van der Waals surface area contributed by atoms with Gasteiger partial charge in [-0.1, -0.05) is 6.07 Å². The molecule has 0 fully saturated rings. The van der Waals surface area contributed by atoms with Crippen LogP contribution in [0, 0.1) is 13.8 Å². The number of nitrogens with zero attached hydrogens (tertiary/aromatic N) is 1. The minimum absolute atomic E-state index is 0.239. The monoisotopic (exact) mass is 304 g/mol. The minimum atomic E-state index is 0.239. The molecular formula is C16H20N2O2S. The number of nitrogens with one attached hydrogen (secondary N) is 1. The summed E-state index contributed by atoms with van der Waals surface area (Å²) in [6.45, 7) is 8.37. The molecule has 1 atom stereocenters. The Labute approximate surface area is 129 Å². The van der Waals surface area contributed by atoms with Gasteiger partial charge < -0.3 is 14.8 Å². The van der Waals surface area contributed by atoms with Crippen LogP contribution in [0.15, 0.2) is 18.2 Å². The Morgan fingerprint density at radius 3 is 2.71 bits per heavy atom. The number of hydrogen-bond donors (Lipinski definition) is 1. The summed E-state index contributed by atoms with van der Waals surface area (Å²) in [7, 11) is 0. The third-order valence-corrected chi connectivity index (χ3v) is 4.47. The summed E-state index contributed by atoms with van der Waals surface area (Å²) in [4.78, 5) is 5.89. The number of aromatic nitrogens is 1. The first-order chi connectivity index (χ1) is 10.1. The van der Waals surface area contributed by atoms with E-state index in [2.05, 4.69) is 37.1 Å². The van der Waals surface area contributed by atoms with E-state index in [-0.39, 0.29) is 6.04 Å². The van der Waals surface area contributed by atoms with Gasteiger partial charge in [0.2, 0.25) is 0 Å². The predicted octanol–water partition coefficient (Wildman–Crippen LogP) is 3.38. The maximum Gasteiger partial charge on any atom is 0.161 e. The van der Waals surface area contributed by atoms with Crippen molar-refractivity contribution >= 4 is 11.3 Å². The minimum Gasteiger partial charge on any atom is -0.486 e. The van der Waals surface area contributed by atoms with Crippen molar-refractivity contribution in [2.24, 2.45) is 0 Å². The quantitative estimate of drug-likeness (QED) is 0.940. The first-order valence-electron chi connectivity index (χ1n) is 7.19. The number of hydrogen-bond acceptors (Lipinski definition) is 5. The molecule has 1 aliphatic heterocycles. The highest BCUT2D eigenvalue weighted by atomic mass is 32.1. The summed E-state index contributed by atoms with van der Waals surface area (Å²) in [6, 6.07) is 6.34. The van der Waals surface area contributed by atoms with E-state index in [1.807, 2.05) is 12.1 Å². The molecule has 0 saturated carbocycles. The van der Waals surface area contributed by atoms with E-state index in [1.165, 1.54) is 10.4 Å². The third kappa shape index (κ3) is 3.19. The van der Waals surface area contributed by atoms with Gasteiger partial charge in [0.25, 0.3) is 0 Å². The van der Waals surface area contributed by atoms with Crippen molar-refractivity contribution < 1.29 is 9.47 Å². The van der Waals surface area contributed by atoms with E-state index in [0.717, 1.165) is 28.7 Å². The third-order valence-electron chi connectivity index (χ3n) is 3.57. The molecule has 1 unspecified atom stereocenters. The van der Waals surface area contributed by atoms with Gasteiger partial charge in [-0.05, 0) is 38.5 Å². The fourth-order valence-electron chi connectivity index (χ4n) is 2.51. The van der Waals surface area contributed by atoms with Crippen molar-refractivity contribution in [3.63, 3.8) is 0 Å². The van der Waals surface area contributed by atoms with Crippen LogP contribution in [0.4, 0.5) is 0 Å². The van der Waals surface area contributed by atoms with Crippen molar-refractivity contribution in [3.05, 3.63) is 39.3 Å². The van der Waals surface area contributed by atoms with Crippen molar-refractivity contribution in [2.45, 2.75) is 33.4 Å². The zero-order valence-electron chi connectivity index (χ0n) is 12.6. The van der Waals surface area contributed by atoms with Gasteiger partial charge in [0.1, 0.15) is 13.2 Å². The number of ether oxygens (including phenoxy) is 2. The summed E-state index contributed by atoms with van der Waals surface area (Å²) in [5.41, 5.74) is 2.34. The molecule has 2 heterocycles. The highest BCUT2D eigenvalue weighted by Crippen LogP contribution is 2.31. The van der Waals surface area contributed by atoms with E-state index in [0.29, 0.717) is 13.2 Å².